The van der Waals surface area contributed by atoms with Gasteiger partial charge in [0, 0.05) is 17.4 Å². The number of aryl methyl sites for hydroxylation is 2. The summed E-state index contributed by atoms with van der Waals surface area (Å²) in [6, 6.07) is 11.8. The third-order valence-corrected chi connectivity index (χ3v) is 6.92. The van der Waals surface area contributed by atoms with Crippen molar-refractivity contribution in [3.05, 3.63) is 88.5 Å². The van der Waals surface area contributed by atoms with E-state index in [0.717, 1.165) is 41.2 Å². The van der Waals surface area contributed by atoms with Crippen LogP contribution in [0.3, 0.4) is 0 Å². The van der Waals surface area contributed by atoms with Crippen molar-refractivity contribution in [2.75, 3.05) is 4.72 Å². The number of benzene rings is 2. The van der Waals surface area contributed by atoms with Crippen LogP contribution >= 0.6 is 0 Å². The van der Waals surface area contributed by atoms with Crippen LogP contribution in [0.25, 0.3) is 5.82 Å². The van der Waals surface area contributed by atoms with Crippen molar-refractivity contribution < 1.29 is 26.3 Å². The molecule has 0 atom stereocenters. The second kappa shape index (κ2) is 9.85. The number of hydrogen-bond acceptors (Lipinski definition) is 6. The number of nitrogens with one attached hydrogen (secondary N) is 1. The fraction of sp³-hybridized carbons (Fsp3) is 0.240. The van der Waals surface area contributed by atoms with E-state index in [9.17, 15) is 21.6 Å². The van der Waals surface area contributed by atoms with Gasteiger partial charge in [0.25, 0.3) is 0 Å². The van der Waals surface area contributed by atoms with Crippen LogP contribution in [0.1, 0.15) is 33.9 Å². The molecule has 12 heteroatoms. The number of halogens is 3. The Morgan fingerprint density at radius 1 is 0.946 bits per heavy atom. The van der Waals surface area contributed by atoms with Crippen molar-refractivity contribution in [1.82, 2.24) is 19.7 Å². The van der Waals surface area contributed by atoms with Gasteiger partial charge in [-0.25, -0.2) is 18.1 Å². The molecule has 4 rings (SSSR count). The summed E-state index contributed by atoms with van der Waals surface area (Å²) in [5.74, 6) is 1.29. The van der Waals surface area contributed by atoms with Gasteiger partial charge in [-0.15, -0.1) is 0 Å². The molecule has 0 fully saturated rings. The van der Waals surface area contributed by atoms with E-state index in [2.05, 4.69) is 19.8 Å². The molecule has 0 aliphatic heterocycles. The Morgan fingerprint density at radius 3 is 2.16 bits per heavy atom. The van der Waals surface area contributed by atoms with E-state index >= 15 is 0 Å². The normalized spacial score (nSPS) is 12.0. The lowest BCUT2D eigenvalue weighted by Gasteiger charge is -2.11. The predicted molar refractivity (Wildman–Crippen MR) is 132 cm³/mol. The van der Waals surface area contributed by atoms with Crippen LogP contribution in [-0.4, -0.2) is 28.2 Å². The van der Waals surface area contributed by atoms with Gasteiger partial charge >= 0.3 is 6.18 Å². The first-order chi connectivity index (χ1) is 17.3. The molecule has 194 valence electrons. The molecule has 37 heavy (non-hydrogen) atoms. The largest absolute Gasteiger partial charge is 0.439 e. The van der Waals surface area contributed by atoms with Gasteiger partial charge in [0.15, 0.2) is 5.82 Å². The standard InChI is InChI=1S/C25H24F3N5O3S/c1-15-16(2)31-33(17(15)3)23-13-24(30-18(4)29-23)36-22-11-9-21(10-12-22)32-37(34,35)14-19-5-7-20(8-6-19)25(26,27)28/h5-13,32H,14H2,1-4H3. The lowest BCUT2D eigenvalue weighted by atomic mass is 10.1. The monoisotopic (exact) mass is 531 g/mol. The zero-order chi connectivity index (χ0) is 27.0. The van der Waals surface area contributed by atoms with E-state index in [0.29, 0.717) is 23.3 Å². The summed E-state index contributed by atoms with van der Waals surface area (Å²) < 4.78 is 73.1. The number of nitrogens with zero attached hydrogens (tertiary/aromatic N) is 4. The summed E-state index contributed by atoms with van der Waals surface area (Å²) in [7, 11) is -3.86. The van der Waals surface area contributed by atoms with Crippen LogP contribution in [0.4, 0.5) is 18.9 Å². The molecule has 0 amide bonds. The molecule has 8 nitrogen and oxygen atoms in total. The minimum absolute atomic E-state index is 0.230. The molecule has 0 bridgehead atoms. The highest BCUT2D eigenvalue weighted by Crippen LogP contribution is 2.29. The number of sulfonamides is 1. The molecule has 0 unspecified atom stereocenters. The summed E-state index contributed by atoms with van der Waals surface area (Å²) in [4.78, 5) is 8.75. The minimum Gasteiger partial charge on any atom is -0.439 e. The van der Waals surface area contributed by atoms with Gasteiger partial charge in [-0.1, -0.05) is 12.1 Å². The van der Waals surface area contributed by atoms with Crippen LogP contribution in [0.5, 0.6) is 11.6 Å². The Labute approximate surface area is 212 Å². The van der Waals surface area contributed by atoms with Gasteiger partial charge in [0.1, 0.15) is 11.6 Å². The van der Waals surface area contributed by atoms with Crippen molar-refractivity contribution in [1.29, 1.82) is 0 Å². The van der Waals surface area contributed by atoms with Gasteiger partial charge in [-0.3, -0.25) is 4.72 Å². The van der Waals surface area contributed by atoms with Gasteiger partial charge in [-0.05, 0) is 75.2 Å². The van der Waals surface area contributed by atoms with Crippen molar-refractivity contribution in [2.45, 2.75) is 39.6 Å². The van der Waals surface area contributed by atoms with E-state index < -0.39 is 27.5 Å². The van der Waals surface area contributed by atoms with Crippen LogP contribution < -0.4 is 9.46 Å². The number of alkyl halides is 3. The van der Waals surface area contributed by atoms with Gasteiger partial charge in [0.05, 0.1) is 17.0 Å². The molecule has 0 aliphatic carbocycles. The summed E-state index contributed by atoms with van der Waals surface area (Å²) in [5, 5.41) is 4.52. The predicted octanol–water partition coefficient (Wildman–Crippen LogP) is 5.65. The maximum Gasteiger partial charge on any atom is 0.416 e. The fourth-order valence-corrected chi connectivity index (χ4v) is 4.77. The number of hydrogen-bond donors (Lipinski definition) is 1. The van der Waals surface area contributed by atoms with Crippen molar-refractivity contribution in [3.8, 4) is 17.4 Å². The molecular weight excluding hydrogens is 507 g/mol. The highest BCUT2D eigenvalue weighted by molar-refractivity contribution is 7.91. The molecule has 4 aromatic rings. The molecule has 0 saturated heterocycles. The van der Waals surface area contributed by atoms with Crippen molar-refractivity contribution in [3.63, 3.8) is 0 Å². The third kappa shape index (κ3) is 6.26. The van der Waals surface area contributed by atoms with Crippen LogP contribution in [-0.2, 0) is 22.0 Å². The second-order valence-electron chi connectivity index (χ2n) is 8.50. The van der Waals surface area contributed by atoms with Gasteiger partial charge < -0.3 is 4.74 Å². The first-order valence-electron chi connectivity index (χ1n) is 11.1. The zero-order valence-electron chi connectivity index (χ0n) is 20.5. The average Bonchev–Trinajstić information content (AvgIpc) is 3.06. The molecular formula is C25H24F3N5O3S. The zero-order valence-corrected chi connectivity index (χ0v) is 21.3. The Balaban J connectivity index is 1.45. The molecule has 2 aromatic carbocycles. The summed E-state index contributed by atoms with van der Waals surface area (Å²) >= 11 is 0. The van der Waals surface area contributed by atoms with Crippen LogP contribution in [0.15, 0.2) is 54.6 Å². The van der Waals surface area contributed by atoms with Crippen molar-refractivity contribution in [2.24, 2.45) is 0 Å². The third-order valence-electron chi connectivity index (χ3n) is 5.66. The highest BCUT2D eigenvalue weighted by atomic mass is 32.2. The Bertz CT molecular complexity index is 1530. The summed E-state index contributed by atoms with van der Waals surface area (Å²) in [6.45, 7) is 7.59. The van der Waals surface area contributed by atoms with E-state index in [1.165, 1.54) is 12.1 Å². The topological polar surface area (TPSA) is 99.0 Å². The Kier molecular flexibility index (Phi) is 6.96. The van der Waals surface area contributed by atoms with E-state index in [4.69, 9.17) is 4.74 Å². The SMILES string of the molecule is Cc1nc(Oc2ccc(NS(=O)(=O)Cc3ccc(C(F)(F)F)cc3)cc2)cc(-n2nc(C)c(C)c2C)n1. The quantitative estimate of drug-likeness (QED) is 0.331. The molecule has 2 aromatic heterocycles. The maximum absolute atomic E-state index is 12.7. The number of rotatable bonds is 7. The van der Waals surface area contributed by atoms with Crippen LogP contribution in [0, 0.1) is 27.7 Å². The molecule has 2 heterocycles. The average molecular weight is 532 g/mol. The summed E-state index contributed by atoms with van der Waals surface area (Å²) in [6.07, 6.45) is -4.48. The second-order valence-corrected chi connectivity index (χ2v) is 10.2. The molecule has 0 spiro atoms. The lowest BCUT2D eigenvalue weighted by molar-refractivity contribution is -0.137. The molecule has 0 saturated carbocycles. The first kappa shape index (κ1) is 26.1. The number of ether oxygens (including phenoxy) is 1. The minimum atomic E-state index is -4.48. The van der Waals surface area contributed by atoms with Crippen LogP contribution in [0.2, 0.25) is 0 Å². The maximum atomic E-state index is 12.7. The lowest BCUT2D eigenvalue weighted by Crippen LogP contribution is -2.15. The number of aromatic nitrogens is 4. The first-order valence-corrected chi connectivity index (χ1v) is 12.8. The van der Waals surface area contributed by atoms with Gasteiger partial charge in [-0.2, -0.15) is 23.3 Å². The van der Waals surface area contributed by atoms with E-state index in [1.54, 1.807) is 29.8 Å². The van der Waals surface area contributed by atoms with E-state index in [-0.39, 0.29) is 11.3 Å². The smallest absolute Gasteiger partial charge is 0.416 e. The number of anilines is 1. The Hall–Kier alpha value is -3.93. The summed E-state index contributed by atoms with van der Waals surface area (Å²) in [5.41, 5.74) is 2.58. The molecule has 0 aliphatic rings. The van der Waals surface area contributed by atoms with E-state index in [1.807, 2.05) is 20.8 Å². The fourth-order valence-electron chi connectivity index (χ4n) is 3.57. The van der Waals surface area contributed by atoms with Gasteiger partial charge in [0.2, 0.25) is 15.9 Å². The molecule has 1 N–H and O–H groups in total. The highest BCUT2D eigenvalue weighted by Gasteiger charge is 2.30. The molecule has 0 radical (unpaired) electrons. The van der Waals surface area contributed by atoms with Crippen molar-refractivity contribution >= 4 is 15.7 Å². The Morgan fingerprint density at radius 2 is 1.59 bits per heavy atom.